The zero-order valence-electron chi connectivity index (χ0n) is 23.1. The molecule has 42 heavy (non-hydrogen) atoms. The van der Waals surface area contributed by atoms with E-state index in [1.54, 1.807) is 18.9 Å². The van der Waals surface area contributed by atoms with Gasteiger partial charge in [0.25, 0.3) is 5.91 Å². The van der Waals surface area contributed by atoms with E-state index in [4.69, 9.17) is 9.47 Å². The molecule has 0 bridgehead atoms. The molecule has 2 aliphatic heterocycles. The number of amides is 1. The monoisotopic (exact) mass is 567 g/mol. The van der Waals surface area contributed by atoms with Crippen LogP contribution in [0.15, 0.2) is 144 Å². The number of para-hydroxylation sites is 2. The third-order valence-corrected chi connectivity index (χ3v) is 9.23. The summed E-state index contributed by atoms with van der Waals surface area (Å²) in [5.74, 6) is 1.30. The molecule has 7 rings (SSSR count). The Labute approximate surface area is 250 Å². The van der Waals surface area contributed by atoms with E-state index in [0.717, 1.165) is 38.6 Å². The number of ether oxygens (including phenoxy) is 2. The maximum Gasteiger partial charge on any atom is 0.266 e. The molecule has 0 fully saturated rings. The summed E-state index contributed by atoms with van der Waals surface area (Å²) >= 11 is 1.74. The molecule has 4 nitrogen and oxygen atoms in total. The van der Waals surface area contributed by atoms with Crippen LogP contribution in [-0.4, -0.2) is 13.0 Å². The molecule has 5 aromatic rings. The lowest BCUT2D eigenvalue weighted by Crippen LogP contribution is -2.55. The molecule has 206 valence electrons. The van der Waals surface area contributed by atoms with Crippen molar-refractivity contribution in [1.82, 2.24) is 0 Å². The molecule has 5 aromatic carbocycles. The Morgan fingerprint density at radius 3 is 2.05 bits per heavy atom. The second-order valence-corrected chi connectivity index (χ2v) is 11.6. The number of fused-ring (bicyclic) bond motifs is 3. The van der Waals surface area contributed by atoms with Gasteiger partial charge in [-0.25, -0.2) is 0 Å². The molecule has 0 aromatic heterocycles. The Hall–Kier alpha value is -4.74. The van der Waals surface area contributed by atoms with E-state index in [9.17, 15) is 0 Å². The Balaban J connectivity index is 1.55. The molecular weight excluding hydrogens is 538 g/mol. The van der Waals surface area contributed by atoms with E-state index in [0.29, 0.717) is 17.8 Å². The summed E-state index contributed by atoms with van der Waals surface area (Å²) in [5.41, 5.74) is 3.89. The molecule has 2 atom stereocenters. The highest BCUT2D eigenvalue weighted by Gasteiger charge is 2.54. The highest BCUT2D eigenvalue weighted by Crippen LogP contribution is 2.58. The Kier molecular flexibility index (Phi) is 6.80. The summed E-state index contributed by atoms with van der Waals surface area (Å²) in [6.45, 7) is 0. The van der Waals surface area contributed by atoms with Crippen molar-refractivity contribution in [3.05, 3.63) is 162 Å². The van der Waals surface area contributed by atoms with Crippen molar-refractivity contribution in [1.29, 1.82) is 0 Å². The molecule has 0 saturated heterocycles. The van der Waals surface area contributed by atoms with Crippen molar-refractivity contribution in [2.75, 3.05) is 12.0 Å². The molecular formula is C37H29NO3S. The summed E-state index contributed by atoms with van der Waals surface area (Å²) in [7, 11) is 1.70. The van der Waals surface area contributed by atoms with Gasteiger partial charge in [-0.3, -0.25) is 9.69 Å². The normalized spacial score (nSPS) is 19.8. The minimum Gasteiger partial charge on any atom is -0.496 e. The van der Waals surface area contributed by atoms with E-state index >= 15 is 4.79 Å². The summed E-state index contributed by atoms with van der Waals surface area (Å²) in [6.07, 6.45) is 0.501. The lowest BCUT2D eigenvalue weighted by Gasteiger charge is -2.48. The van der Waals surface area contributed by atoms with Crippen molar-refractivity contribution >= 4 is 34.7 Å². The fourth-order valence-corrected chi connectivity index (χ4v) is 7.40. The van der Waals surface area contributed by atoms with Crippen molar-refractivity contribution in [2.45, 2.75) is 22.3 Å². The average Bonchev–Trinajstić information content (AvgIpc) is 3.21. The van der Waals surface area contributed by atoms with Crippen LogP contribution in [-0.2, 0) is 15.3 Å². The third-order valence-electron chi connectivity index (χ3n) is 7.92. The van der Waals surface area contributed by atoms with Gasteiger partial charge in [-0.2, -0.15) is 0 Å². The number of methoxy groups -OCH3 is 1. The van der Waals surface area contributed by atoms with Gasteiger partial charge in [-0.1, -0.05) is 121 Å². The van der Waals surface area contributed by atoms with Crippen molar-refractivity contribution in [3.8, 4) is 5.75 Å². The third kappa shape index (κ3) is 4.38. The first-order valence-corrected chi connectivity index (χ1v) is 14.9. The van der Waals surface area contributed by atoms with Crippen LogP contribution in [0.3, 0.4) is 0 Å². The van der Waals surface area contributed by atoms with Crippen LogP contribution >= 0.6 is 11.8 Å². The maximum atomic E-state index is 15.2. The van der Waals surface area contributed by atoms with Crippen molar-refractivity contribution in [3.63, 3.8) is 0 Å². The number of anilines is 1. The van der Waals surface area contributed by atoms with Crippen LogP contribution in [0.5, 0.6) is 5.75 Å². The number of carbonyl (C=O) groups excluding carboxylic acids is 1. The number of thioether (sulfide) groups is 1. The zero-order chi connectivity index (χ0) is 28.5. The quantitative estimate of drug-likeness (QED) is 0.213. The highest BCUT2D eigenvalue weighted by atomic mass is 32.2. The summed E-state index contributed by atoms with van der Waals surface area (Å²) in [4.78, 5) is 18.1. The molecule has 0 radical (unpaired) electrons. The summed E-state index contributed by atoms with van der Waals surface area (Å²) < 4.78 is 13.2. The van der Waals surface area contributed by atoms with Gasteiger partial charge in [0.2, 0.25) is 5.72 Å². The topological polar surface area (TPSA) is 38.8 Å². The number of nitrogens with zero attached hydrogens (tertiary/aromatic N) is 1. The first-order valence-electron chi connectivity index (χ1n) is 14.0. The Morgan fingerprint density at radius 1 is 0.738 bits per heavy atom. The highest BCUT2D eigenvalue weighted by molar-refractivity contribution is 7.99. The van der Waals surface area contributed by atoms with E-state index in [2.05, 4.69) is 24.3 Å². The van der Waals surface area contributed by atoms with Gasteiger partial charge in [-0.05, 0) is 23.8 Å². The van der Waals surface area contributed by atoms with Gasteiger partial charge in [0.1, 0.15) is 11.5 Å². The zero-order valence-corrected chi connectivity index (χ0v) is 24.0. The Bertz CT molecular complexity index is 1770. The fraction of sp³-hybridized carbons (Fsp3) is 0.108. The molecule has 0 saturated carbocycles. The largest absolute Gasteiger partial charge is 0.496 e. The molecule has 1 amide bonds. The lowest BCUT2D eigenvalue weighted by molar-refractivity contribution is -0.120. The van der Waals surface area contributed by atoms with Crippen LogP contribution in [0.25, 0.3) is 11.3 Å². The van der Waals surface area contributed by atoms with E-state index in [-0.39, 0.29) is 11.2 Å². The van der Waals surface area contributed by atoms with Gasteiger partial charge in [-0.15, -0.1) is 11.8 Å². The van der Waals surface area contributed by atoms with E-state index < -0.39 is 5.72 Å². The molecule has 0 N–H and O–H groups in total. The van der Waals surface area contributed by atoms with Crippen LogP contribution in [0.4, 0.5) is 5.69 Å². The first kappa shape index (κ1) is 26.2. The number of rotatable bonds is 5. The van der Waals surface area contributed by atoms with Gasteiger partial charge < -0.3 is 9.47 Å². The predicted molar refractivity (Wildman–Crippen MR) is 169 cm³/mol. The van der Waals surface area contributed by atoms with Gasteiger partial charge in [0, 0.05) is 33.3 Å². The van der Waals surface area contributed by atoms with E-state index in [1.165, 1.54) is 0 Å². The molecule has 0 spiro atoms. The molecule has 2 heterocycles. The predicted octanol–water partition coefficient (Wildman–Crippen LogP) is 8.72. The second kappa shape index (κ2) is 10.9. The summed E-state index contributed by atoms with van der Waals surface area (Å²) in [5, 5.41) is -0.0735. The first-order chi connectivity index (χ1) is 20.7. The fourth-order valence-electron chi connectivity index (χ4n) is 6.03. The van der Waals surface area contributed by atoms with E-state index in [1.807, 2.05) is 120 Å². The number of hydrogen-bond acceptors (Lipinski definition) is 4. The SMILES string of the molecule is COc1ccccc1[C@H]1C[C@@]2(c3ccccc3)OC(c3ccccc3)=C(c3ccccc3)C(=O)N2c2ccccc2S1. The standard InChI is InChI=1S/C37H29NO3S/c1-40-31-23-13-11-21-29(31)33-25-37(28-19-9-4-10-20-28)38(30-22-12-14-24-32(30)42-33)36(39)34(26-15-5-2-6-16-26)35(41-37)27-17-7-3-8-18-27/h2-24,33H,25H2,1H3/t33-,37+/m1/s1. The maximum absolute atomic E-state index is 15.2. The average molecular weight is 568 g/mol. The van der Waals surface area contributed by atoms with Crippen molar-refractivity contribution < 1.29 is 14.3 Å². The second-order valence-electron chi connectivity index (χ2n) is 10.3. The summed E-state index contributed by atoms with van der Waals surface area (Å²) in [6, 6.07) is 46.2. The lowest BCUT2D eigenvalue weighted by atomic mass is 9.87. The minimum absolute atomic E-state index is 0.0735. The number of carbonyl (C=O) groups is 1. The molecule has 5 heteroatoms. The Morgan fingerprint density at radius 2 is 1.33 bits per heavy atom. The number of benzene rings is 5. The van der Waals surface area contributed by atoms with Gasteiger partial charge >= 0.3 is 0 Å². The molecule has 0 aliphatic carbocycles. The van der Waals surface area contributed by atoms with Crippen LogP contribution in [0.2, 0.25) is 0 Å². The van der Waals surface area contributed by atoms with Crippen molar-refractivity contribution in [2.24, 2.45) is 0 Å². The molecule has 0 unspecified atom stereocenters. The van der Waals surface area contributed by atoms with Crippen LogP contribution in [0.1, 0.15) is 33.9 Å². The van der Waals surface area contributed by atoms with Crippen LogP contribution in [0, 0.1) is 0 Å². The van der Waals surface area contributed by atoms with Gasteiger partial charge in [0.05, 0.1) is 18.4 Å². The van der Waals surface area contributed by atoms with Gasteiger partial charge in [0.15, 0.2) is 0 Å². The van der Waals surface area contributed by atoms with Crippen LogP contribution < -0.4 is 9.64 Å². The smallest absolute Gasteiger partial charge is 0.266 e. The minimum atomic E-state index is -1.13. The number of hydrogen-bond donors (Lipinski definition) is 0. The molecule has 2 aliphatic rings.